The number of aliphatic hydroxyl groups is 1. The van der Waals surface area contributed by atoms with Crippen LogP contribution in [-0.4, -0.2) is 37.6 Å². The van der Waals surface area contributed by atoms with Crippen LogP contribution in [0, 0.1) is 6.92 Å². The normalized spacial score (nSPS) is 17.1. The number of hydrogen-bond acceptors (Lipinski definition) is 6. The van der Waals surface area contributed by atoms with Crippen LogP contribution in [0.25, 0.3) is 17.0 Å². The molecule has 4 rings (SSSR count). The second kappa shape index (κ2) is 8.43. The van der Waals surface area contributed by atoms with Crippen LogP contribution in [0.3, 0.4) is 0 Å². The van der Waals surface area contributed by atoms with Crippen LogP contribution in [0.2, 0.25) is 0 Å². The average molecular weight is 473 g/mol. The molecule has 180 valence electrons. The lowest BCUT2D eigenvalue weighted by atomic mass is 9.95. The summed E-state index contributed by atoms with van der Waals surface area (Å²) in [5.74, 6) is 0. The quantitative estimate of drug-likeness (QED) is 0.549. The maximum atomic E-state index is 12.8. The Labute approximate surface area is 196 Å². The average Bonchev–Trinajstić information content (AvgIpc) is 3.26. The van der Waals surface area contributed by atoms with E-state index in [0.29, 0.717) is 22.6 Å². The van der Waals surface area contributed by atoms with Crippen LogP contribution in [-0.2, 0) is 12.1 Å². The zero-order chi connectivity index (χ0) is 24.8. The molecule has 34 heavy (non-hydrogen) atoms. The van der Waals surface area contributed by atoms with E-state index in [1.165, 1.54) is 12.4 Å². The van der Waals surface area contributed by atoms with Gasteiger partial charge in [-0.3, -0.25) is 9.67 Å². The predicted molar refractivity (Wildman–Crippen MR) is 124 cm³/mol. The Balaban J connectivity index is 1.73. The minimum atomic E-state index is -4.39. The zero-order valence-corrected chi connectivity index (χ0v) is 19.5. The molecular weight excluding hydrogens is 445 g/mol. The zero-order valence-electron chi connectivity index (χ0n) is 19.5. The van der Waals surface area contributed by atoms with E-state index in [2.05, 4.69) is 22.0 Å². The fourth-order valence-electron chi connectivity index (χ4n) is 4.44. The van der Waals surface area contributed by atoms with Crippen molar-refractivity contribution in [3.63, 3.8) is 0 Å². The first-order valence-electron chi connectivity index (χ1n) is 10.9. The molecule has 1 aliphatic rings. The Morgan fingerprint density at radius 1 is 1.24 bits per heavy atom. The minimum Gasteiger partial charge on any atom is -0.385 e. The van der Waals surface area contributed by atoms with Gasteiger partial charge in [0.1, 0.15) is 6.54 Å². The molecular formula is C24H27F3N6O. The Hall–Kier alpha value is -3.40. The minimum absolute atomic E-state index is 0.381. The highest BCUT2D eigenvalue weighted by atomic mass is 19.4. The second-order valence-corrected chi connectivity index (χ2v) is 8.87. The van der Waals surface area contributed by atoms with Crippen molar-refractivity contribution in [2.24, 2.45) is 0 Å². The lowest BCUT2D eigenvalue weighted by Gasteiger charge is -2.34. The summed E-state index contributed by atoms with van der Waals surface area (Å²) >= 11 is 0. The lowest BCUT2D eigenvalue weighted by Crippen LogP contribution is -2.38. The number of aryl methyl sites for hydroxylation is 1. The molecule has 0 saturated carbocycles. The molecule has 1 aliphatic heterocycles. The van der Waals surface area contributed by atoms with Gasteiger partial charge in [-0.05, 0) is 45.4 Å². The first-order chi connectivity index (χ1) is 15.9. The van der Waals surface area contributed by atoms with E-state index in [1.807, 2.05) is 39.8 Å². The fraction of sp³-hybridized carbons (Fsp3) is 0.375. The molecule has 0 aromatic carbocycles. The van der Waals surface area contributed by atoms with Crippen molar-refractivity contribution in [1.29, 1.82) is 0 Å². The van der Waals surface area contributed by atoms with Gasteiger partial charge >= 0.3 is 6.18 Å². The maximum Gasteiger partial charge on any atom is 0.408 e. The van der Waals surface area contributed by atoms with Gasteiger partial charge in [-0.25, -0.2) is 4.98 Å². The van der Waals surface area contributed by atoms with Crippen molar-refractivity contribution >= 4 is 11.4 Å². The van der Waals surface area contributed by atoms with Gasteiger partial charge in [0.15, 0.2) is 6.23 Å². The van der Waals surface area contributed by atoms with Gasteiger partial charge in [0.05, 0.1) is 28.8 Å². The summed E-state index contributed by atoms with van der Waals surface area (Å²) in [4.78, 5) is 10.8. The van der Waals surface area contributed by atoms with Crippen molar-refractivity contribution in [3.8, 4) is 11.3 Å². The molecule has 10 heteroatoms. The Kier molecular flexibility index (Phi) is 5.89. The number of aromatic nitrogens is 4. The number of halogens is 3. The highest BCUT2D eigenvalue weighted by molar-refractivity contribution is 5.70. The molecule has 4 heterocycles. The SMILES string of the molecule is C=C(NCC)c1cncc(-c2cc(C)c3c(n2)C(C)(C)N(c2cnn(CC(F)(F)F)c2)C3O)c1. The Morgan fingerprint density at radius 3 is 2.65 bits per heavy atom. The molecule has 0 radical (unpaired) electrons. The first kappa shape index (κ1) is 23.7. The summed E-state index contributed by atoms with van der Waals surface area (Å²) in [5.41, 5.74) is 4.76. The highest BCUT2D eigenvalue weighted by Crippen LogP contribution is 2.48. The molecule has 0 amide bonds. The van der Waals surface area contributed by atoms with Crippen molar-refractivity contribution in [2.75, 3.05) is 11.4 Å². The third kappa shape index (κ3) is 4.25. The van der Waals surface area contributed by atoms with E-state index in [0.717, 1.165) is 33.6 Å². The molecule has 2 N–H and O–H groups in total. The highest BCUT2D eigenvalue weighted by Gasteiger charge is 2.46. The smallest absolute Gasteiger partial charge is 0.385 e. The van der Waals surface area contributed by atoms with Crippen LogP contribution in [0.15, 0.2) is 43.5 Å². The van der Waals surface area contributed by atoms with Gasteiger partial charge in [0.2, 0.25) is 0 Å². The van der Waals surface area contributed by atoms with Crippen molar-refractivity contribution in [3.05, 3.63) is 65.9 Å². The summed E-state index contributed by atoms with van der Waals surface area (Å²) in [5, 5.41) is 18.2. The van der Waals surface area contributed by atoms with Crippen molar-refractivity contribution in [2.45, 2.75) is 52.2 Å². The van der Waals surface area contributed by atoms with E-state index in [-0.39, 0.29) is 0 Å². The number of fused-ring (bicyclic) bond motifs is 1. The van der Waals surface area contributed by atoms with Gasteiger partial charge in [-0.15, -0.1) is 0 Å². The Morgan fingerprint density at radius 2 is 1.97 bits per heavy atom. The van der Waals surface area contributed by atoms with Crippen molar-refractivity contribution < 1.29 is 18.3 Å². The number of rotatable bonds is 6. The second-order valence-electron chi connectivity index (χ2n) is 8.87. The fourth-order valence-corrected chi connectivity index (χ4v) is 4.44. The molecule has 0 fully saturated rings. The summed E-state index contributed by atoms with van der Waals surface area (Å²) in [6.07, 6.45) is 0.600. The number of aliphatic hydroxyl groups excluding tert-OH is 1. The molecule has 1 unspecified atom stereocenters. The number of anilines is 1. The number of nitrogens with zero attached hydrogens (tertiary/aromatic N) is 5. The van der Waals surface area contributed by atoms with E-state index in [4.69, 9.17) is 4.98 Å². The molecule has 0 spiro atoms. The molecule has 0 aliphatic carbocycles. The van der Waals surface area contributed by atoms with Crippen LogP contribution >= 0.6 is 0 Å². The van der Waals surface area contributed by atoms with Gasteiger partial charge in [0, 0.05) is 47.5 Å². The number of pyridine rings is 2. The molecule has 3 aromatic heterocycles. The van der Waals surface area contributed by atoms with Gasteiger partial charge in [-0.1, -0.05) is 6.58 Å². The number of nitrogens with one attached hydrogen (secondary N) is 1. The van der Waals surface area contributed by atoms with Gasteiger partial charge in [-0.2, -0.15) is 18.3 Å². The molecule has 0 saturated heterocycles. The first-order valence-corrected chi connectivity index (χ1v) is 10.9. The molecule has 3 aromatic rings. The predicted octanol–water partition coefficient (Wildman–Crippen LogP) is 4.54. The topological polar surface area (TPSA) is 79.1 Å². The Bertz CT molecular complexity index is 1230. The third-order valence-electron chi connectivity index (χ3n) is 5.96. The van der Waals surface area contributed by atoms with Crippen LogP contribution in [0.1, 0.15) is 49.4 Å². The monoisotopic (exact) mass is 472 g/mol. The standard InChI is InChI=1S/C24H27F3N6O/c1-6-29-15(3)16-8-17(10-28-9-16)19-7-14(2)20-21(31-19)23(4,5)33(22(20)34)18-11-30-32(12-18)13-24(25,26)27/h7-12,22,29,34H,3,6,13H2,1-2,4-5H3. The molecule has 1 atom stereocenters. The van der Waals surface area contributed by atoms with Crippen LogP contribution < -0.4 is 10.2 Å². The maximum absolute atomic E-state index is 12.8. The summed E-state index contributed by atoms with van der Waals surface area (Å²) < 4.78 is 39.2. The summed E-state index contributed by atoms with van der Waals surface area (Å²) in [6.45, 7) is 11.2. The van der Waals surface area contributed by atoms with E-state index < -0.39 is 24.5 Å². The lowest BCUT2D eigenvalue weighted by molar-refractivity contribution is -0.142. The third-order valence-corrected chi connectivity index (χ3v) is 5.96. The van der Waals surface area contributed by atoms with Gasteiger partial charge < -0.3 is 15.3 Å². The summed E-state index contributed by atoms with van der Waals surface area (Å²) in [6, 6.07) is 3.83. The number of alkyl halides is 3. The van der Waals surface area contributed by atoms with Gasteiger partial charge in [0.25, 0.3) is 0 Å². The van der Waals surface area contributed by atoms with E-state index in [9.17, 15) is 18.3 Å². The van der Waals surface area contributed by atoms with Crippen LogP contribution in [0.5, 0.6) is 0 Å². The molecule has 7 nitrogen and oxygen atoms in total. The largest absolute Gasteiger partial charge is 0.408 e. The summed E-state index contributed by atoms with van der Waals surface area (Å²) in [7, 11) is 0. The molecule has 0 bridgehead atoms. The van der Waals surface area contributed by atoms with Crippen LogP contribution in [0.4, 0.5) is 18.9 Å². The van der Waals surface area contributed by atoms with E-state index >= 15 is 0 Å². The van der Waals surface area contributed by atoms with E-state index in [1.54, 1.807) is 17.3 Å². The number of hydrogen-bond donors (Lipinski definition) is 2. The van der Waals surface area contributed by atoms with Crippen molar-refractivity contribution in [1.82, 2.24) is 25.1 Å².